The van der Waals surface area contributed by atoms with Crippen LogP contribution in [0.15, 0.2) is 30.6 Å². The van der Waals surface area contributed by atoms with E-state index in [4.69, 9.17) is 28.9 Å². The van der Waals surface area contributed by atoms with Gasteiger partial charge in [0.05, 0.1) is 10.0 Å². The van der Waals surface area contributed by atoms with E-state index >= 15 is 0 Å². The molecule has 0 radical (unpaired) electrons. The molecule has 0 saturated heterocycles. The third-order valence-corrected chi connectivity index (χ3v) is 3.02. The lowest BCUT2D eigenvalue weighted by molar-refractivity contribution is 1.08. The van der Waals surface area contributed by atoms with E-state index in [2.05, 4.69) is 4.98 Å². The lowest BCUT2D eigenvalue weighted by Gasteiger charge is -2.03. The number of nitrogens with one attached hydrogen (secondary N) is 1. The predicted octanol–water partition coefficient (Wildman–Crippen LogP) is 3.45. The first-order valence-corrected chi connectivity index (χ1v) is 5.29. The van der Waals surface area contributed by atoms with Gasteiger partial charge in [-0.25, -0.2) is 0 Å². The highest BCUT2D eigenvalue weighted by atomic mass is 35.5. The Balaban J connectivity index is 2.50. The van der Waals surface area contributed by atoms with Crippen LogP contribution in [-0.2, 0) is 6.54 Å². The summed E-state index contributed by atoms with van der Waals surface area (Å²) in [6, 6.07) is 5.55. The lowest BCUT2D eigenvalue weighted by Crippen LogP contribution is -1.95. The van der Waals surface area contributed by atoms with Crippen molar-refractivity contribution in [3.8, 4) is 11.1 Å². The average molecular weight is 241 g/mol. The molecule has 1 aromatic carbocycles. The molecule has 1 aromatic heterocycles. The Bertz CT molecular complexity index is 477. The molecule has 3 N–H and O–H groups in total. The molecule has 0 amide bonds. The van der Waals surface area contributed by atoms with Crippen molar-refractivity contribution < 1.29 is 0 Å². The maximum atomic E-state index is 5.95. The van der Waals surface area contributed by atoms with Crippen molar-refractivity contribution in [2.24, 2.45) is 5.73 Å². The Morgan fingerprint density at radius 2 is 1.93 bits per heavy atom. The van der Waals surface area contributed by atoms with Gasteiger partial charge in [0.1, 0.15) is 0 Å². The van der Waals surface area contributed by atoms with E-state index in [1.807, 2.05) is 24.5 Å². The summed E-state index contributed by atoms with van der Waals surface area (Å²) in [4.78, 5) is 3.03. The Labute approximate surface area is 98.0 Å². The topological polar surface area (TPSA) is 41.8 Å². The Morgan fingerprint density at radius 1 is 1.13 bits per heavy atom. The van der Waals surface area contributed by atoms with Crippen LogP contribution in [0.1, 0.15) is 5.56 Å². The number of aromatic nitrogens is 1. The summed E-state index contributed by atoms with van der Waals surface area (Å²) >= 11 is 11.8. The van der Waals surface area contributed by atoms with Crippen molar-refractivity contribution >= 4 is 23.2 Å². The first-order chi connectivity index (χ1) is 7.22. The average Bonchev–Trinajstić information content (AvgIpc) is 2.70. The standard InChI is InChI=1S/C11H10Cl2N2/c12-10-2-1-7(3-11(10)13)9-6-15-5-8(9)4-14/h1-3,5-6,15H,4,14H2. The van der Waals surface area contributed by atoms with Crippen molar-refractivity contribution in [1.82, 2.24) is 4.98 Å². The smallest absolute Gasteiger partial charge is 0.0598 e. The quantitative estimate of drug-likeness (QED) is 0.830. The fraction of sp³-hybridized carbons (Fsp3) is 0.0909. The molecule has 78 valence electrons. The fourth-order valence-electron chi connectivity index (χ4n) is 1.50. The Kier molecular flexibility index (Phi) is 3.00. The lowest BCUT2D eigenvalue weighted by atomic mass is 10.1. The second kappa shape index (κ2) is 4.27. The molecule has 0 bridgehead atoms. The van der Waals surface area contributed by atoms with Gasteiger partial charge in [-0.15, -0.1) is 0 Å². The summed E-state index contributed by atoms with van der Waals surface area (Å²) in [6.45, 7) is 0.499. The Morgan fingerprint density at radius 3 is 2.60 bits per heavy atom. The molecule has 0 unspecified atom stereocenters. The van der Waals surface area contributed by atoms with Gasteiger partial charge in [-0.2, -0.15) is 0 Å². The van der Waals surface area contributed by atoms with Crippen molar-refractivity contribution in [1.29, 1.82) is 0 Å². The molecule has 0 aliphatic rings. The van der Waals surface area contributed by atoms with Gasteiger partial charge in [0.2, 0.25) is 0 Å². The van der Waals surface area contributed by atoms with Crippen LogP contribution in [0.3, 0.4) is 0 Å². The van der Waals surface area contributed by atoms with Crippen molar-refractivity contribution in [3.63, 3.8) is 0 Å². The monoisotopic (exact) mass is 240 g/mol. The highest BCUT2D eigenvalue weighted by Gasteiger charge is 2.06. The number of hydrogen-bond donors (Lipinski definition) is 2. The molecule has 2 rings (SSSR count). The number of H-pyrrole nitrogens is 1. The van der Waals surface area contributed by atoms with E-state index in [9.17, 15) is 0 Å². The van der Waals surface area contributed by atoms with E-state index < -0.39 is 0 Å². The molecule has 0 saturated carbocycles. The number of rotatable bonds is 2. The van der Waals surface area contributed by atoms with Crippen LogP contribution in [0.25, 0.3) is 11.1 Å². The first kappa shape index (κ1) is 10.6. The molecule has 0 atom stereocenters. The van der Waals surface area contributed by atoms with E-state index in [0.717, 1.165) is 16.7 Å². The van der Waals surface area contributed by atoms with Crippen molar-refractivity contribution in [2.75, 3.05) is 0 Å². The van der Waals surface area contributed by atoms with Gasteiger partial charge in [0, 0.05) is 24.5 Å². The number of hydrogen-bond acceptors (Lipinski definition) is 1. The molecule has 0 spiro atoms. The van der Waals surface area contributed by atoms with Crippen LogP contribution in [0.5, 0.6) is 0 Å². The Hall–Kier alpha value is -0.960. The van der Waals surface area contributed by atoms with E-state index in [-0.39, 0.29) is 0 Å². The van der Waals surface area contributed by atoms with Gasteiger partial charge in [0.25, 0.3) is 0 Å². The SMILES string of the molecule is NCc1c[nH]cc1-c1ccc(Cl)c(Cl)c1. The van der Waals surface area contributed by atoms with Crippen LogP contribution in [0, 0.1) is 0 Å². The van der Waals surface area contributed by atoms with E-state index in [1.165, 1.54) is 0 Å². The molecule has 1 heterocycles. The number of nitrogens with two attached hydrogens (primary N) is 1. The second-order valence-corrected chi connectivity index (χ2v) is 4.04. The maximum absolute atomic E-state index is 5.95. The minimum atomic E-state index is 0.499. The number of halogens is 2. The maximum Gasteiger partial charge on any atom is 0.0598 e. The zero-order valence-electron chi connectivity index (χ0n) is 7.93. The largest absolute Gasteiger partial charge is 0.367 e. The van der Waals surface area contributed by atoms with Gasteiger partial charge in [0.15, 0.2) is 0 Å². The van der Waals surface area contributed by atoms with E-state index in [1.54, 1.807) is 6.07 Å². The van der Waals surface area contributed by atoms with Crippen molar-refractivity contribution in [2.45, 2.75) is 6.54 Å². The van der Waals surface area contributed by atoms with Crippen LogP contribution in [0.2, 0.25) is 10.0 Å². The van der Waals surface area contributed by atoms with E-state index in [0.29, 0.717) is 16.6 Å². The van der Waals surface area contributed by atoms with Crippen molar-refractivity contribution in [3.05, 3.63) is 46.2 Å². The molecule has 2 aromatic rings. The van der Waals surface area contributed by atoms with Gasteiger partial charge >= 0.3 is 0 Å². The highest BCUT2D eigenvalue weighted by Crippen LogP contribution is 2.30. The summed E-state index contributed by atoms with van der Waals surface area (Å²) in [5, 5.41) is 1.11. The summed E-state index contributed by atoms with van der Waals surface area (Å²) in [6.07, 6.45) is 3.79. The first-order valence-electron chi connectivity index (χ1n) is 4.53. The fourth-order valence-corrected chi connectivity index (χ4v) is 1.80. The third kappa shape index (κ3) is 2.02. The second-order valence-electron chi connectivity index (χ2n) is 3.23. The molecule has 0 fully saturated rings. The molecular weight excluding hydrogens is 231 g/mol. The van der Waals surface area contributed by atoms with Crippen LogP contribution in [-0.4, -0.2) is 4.98 Å². The molecule has 2 nitrogen and oxygen atoms in total. The molecule has 4 heteroatoms. The minimum Gasteiger partial charge on any atom is -0.367 e. The van der Waals surface area contributed by atoms with Gasteiger partial charge in [-0.05, 0) is 23.3 Å². The normalized spacial score (nSPS) is 10.6. The summed E-state index contributed by atoms with van der Waals surface area (Å²) in [7, 11) is 0. The molecule has 15 heavy (non-hydrogen) atoms. The highest BCUT2D eigenvalue weighted by molar-refractivity contribution is 6.42. The summed E-state index contributed by atoms with van der Waals surface area (Å²) in [5.41, 5.74) is 8.77. The van der Waals surface area contributed by atoms with Gasteiger partial charge < -0.3 is 10.7 Å². The molecule has 0 aliphatic carbocycles. The zero-order chi connectivity index (χ0) is 10.8. The van der Waals surface area contributed by atoms with Gasteiger partial charge in [-0.3, -0.25) is 0 Å². The number of benzene rings is 1. The number of aromatic amines is 1. The van der Waals surface area contributed by atoms with Crippen LogP contribution in [0.4, 0.5) is 0 Å². The van der Waals surface area contributed by atoms with Crippen LogP contribution < -0.4 is 5.73 Å². The third-order valence-electron chi connectivity index (χ3n) is 2.28. The summed E-state index contributed by atoms with van der Waals surface area (Å²) < 4.78 is 0. The summed E-state index contributed by atoms with van der Waals surface area (Å²) in [5.74, 6) is 0. The van der Waals surface area contributed by atoms with Crippen LogP contribution >= 0.6 is 23.2 Å². The zero-order valence-corrected chi connectivity index (χ0v) is 9.44. The molecule has 0 aliphatic heterocycles. The molecular formula is C11H10Cl2N2. The predicted molar refractivity (Wildman–Crippen MR) is 64.1 cm³/mol. The van der Waals surface area contributed by atoms with Gasteiger partial charge in [-0.1, -0.05) is 29.3 Å². The minimum absolute atomic E-state index is 0.499.